The zero-order valence-electron chi connectivity index (χ0n) is 14.9. The number of halogens is 2. The minimum Gasteiger partial charge on any atom is -0.465 e. The Morgan fingerprint density at radius 2 is 2.19 bits per heavy atom. The Morgan fingerprint density at radius 1 is 1.41 bits per heavy atom. The van der Waals surface area contributed by atoms with Crippen LogP contribution in [0.4, 0.5) is 4.39 Å². The van der Waals surface area contributed by atoms with Gasteiger partial charge in [-0.15, -0.1) is 0 Å². The van der Waals surface area contributed by atoms with Crippen molar-refractivity contribution in [1.29, 1.82) is 0 Å². The maximum atomic E-state index is 15.3. The SMILES string of the molecule is [C-]#[N+]CCn1cnc2c(F)c(Cc3ccc(Br)cc3C)c(C(=O)OC)cc21. The number of hydrogen-bond donors (Lipinski definition) is 0. The van der Waals surface area contributed by atoms with Crippen molar-refractivity contribution in [1.82, 2.24) is 9.55 Å². The molecule has 0 aliphatic rings. The van der Waals surface area contributed by atoms with Gasteiger partial charge in [-0.1, -0.05) is 22.0 Å². The zero-order chi connectivity index (χ0) is 19.6. The largest absolute Gasteiger partial charge is 0.465 e. The number of nitrogens with zero attached hydrogens (tertiary/aromatic N) is 3. The summed E-state index contributed by atoms with van der Waals surface area (Å²) in [5.74, 6) is -1.13. The van der Waals surface area contributed by atoms with E-state index < -0.39 is 11.8 Å². The third kappa shape index (κ3) is 3.71. The van der Waals surface area contributed by atoms with Crippen LogP contribution in [0.25, 0.3) is 15.9 Å². The number of fused-ring (bicyclic) bond motifs is 1. The van der Waals surface area contributed by atoms with Crippen molar-refractivity contribution in [2.75, 3.05) is 13.7 Å². The Hall–Kier alpha value is -2.72. The Morgan fingerprint density at radius 3 is 2.85 bits per heavy atom. The van der Waals surface area contributed by atoms with E-state index in [2.05, 4.69) is 25.8 Å². The van der Waals surface area contributed by atoms with Gasteiger partial charge in [0.2, 0.25) is 6.54 Å². The first-order chi connectivity index (χ1) is 13.0. The molecule has 0 saturated carbocycles. The van der Waals surface area contributed by atoms with Crippen LogP contribution in [-0.2, 0) is 17.7 Å². The average molecular weight is 430 g/mol. The Bertz CT molecular complexity index is 1070. The second kappa shape index (κ2) is 7.89. The van der Waals surface area contributed by atoms with E-state index in [0.717, 1.165) is 15.6 Å². The highest BCUT2D eigenvalue weighted by atomic mass is 79.9. The average Bonchev–Trinajstić information content (AvgIpc) is 3.06. The van der Waals surface area contributed by atoms with Crippen LogP contribution in [-0.4, -0.2) is 29.2 Å². The third-order valence-electron chi connectivity index (χ3n) is 4.49. The van der Waals surface area contributed by atoms with Gasteiger partial charge >= 0.3 is 5.97 Å². The fourth-order valence-electron chi connectivity index (χ4n) is 3.05. The molecule has 1 aromatic heterocycles. The quantitative estimate of drug-likeness (QED) is 0.441. The highest BCUT2D eigenvalue weighted by Gasteiger charge is 2.22. The molecule has 0 radical (unpaired) electrons. The summed E-state index contributed by atoms with van der Waals surface area (Å²) in [5.41, 5.74) is 3.01. The van der Waals surface area contributed by atoms with Crippen LogP contribution in [0.1, 0.15) is 27.0 Å². The van der Waals surface area contributed by atoms with Crippen molar-refractivity contribution in [3.05, 3.63) is 74.6 Å². The van der Waals surface area contributed by atoms with Crippen molar-refractivity contribution in [2.45, 2.75) is 19.9 Å². The van der Waals surface area contributed by atoms with Crippen molar-refractivity contribution in [3.8, 4) is 0 Å². The summed E-state index contributed by atoms with van der Waals surface area (Å²) < 4.78 is 22.8. The van der Waals surface area contributed by atoms with Crippen LogP contribution in [0, 0.1) is 19.3 Å². The monoisotopic (exact) mass is 429 g/mol. The number of benzene rings is 2. The van der Waals surface area contributed by atoms with Gasteiger partial charge in [-0.25, -0.2) is 20.7 Å². The first-order valence-corrected chi connectivity index (χ1v) is 9.08. The summed E-state index contributed by atoms with van der Waals surface area (Å²) in [5, 5.41) is 0. The number of esters is 1. The standard InChI is InChI=1S/C20H17BrFN3O2/c1-12-8-14(21)5-4-13(12)9-15-16(20(26)27-3)10-17-19(18(15)22)24-11-25(17)7-6-23-2/h4-5,8,10-11H,6-7,9H2,1,3H3. The van der Waals surface area contributed by atoms with E-state index in [4.69, 9.17) is 11.3 Å². The molecule has 0 saturated heterocycles. The summed E-state index contributed by atoms with van der Waals surface area (Å²) in [7, 11) is 1.27. The fraction of sp³-hybridized carbons (Fsp3) is 0.250. The zero-order valence-corrected chi connectivity index (χ0v) is 16.5. The first-order valence-electron chi connectivity index (χ1n) is 8.29. The Kier molecular flexibility index (Phi) is 5.57. The fourth-order valence-corrected chi connectivity index (χ4v) is 3.52. The lowest BCUT2D eigenvalue weighted by Gasteiger charge is -2.13. The minimum atomic E-state index is -0.599. The second-order valence-corrected chi connectivity index (χ2v) is 7.06. The predicted octanol–water partition coefficient (Wildman–Crippen LogP) is 4.54. The van der Waals surface area contributed by atoms with Gasteiger partial charge in [0.05, 0.1) is 31.1 Å². The van der Waals surface area contributed by atoms with Crippen molar-refractivity contribution in [2.24, 2.45) is 0 Å². The van der Waals surface area contributed by atoms with E-state index in [1.807, 2.05) is 25.1 Å². The van der Waals surface area contributed by atoms with Crippen LogP contribution in [0.15, 0.2) is 35.1 Å². The number of ether oxygens (including phenoxy) is 1. The van der Waals surface area contributed by atoms with E-state index in [0.29, 0.717) is 12.1 Å². The van der Waals surface area contributed by atoms with Gasteiger partial charge < -0.3 is 14.1 Å². The van der Waals surface area contributed by atoms with E-state index in [1.54, 1.807) is 10.6 Å². The van der Waals surface area contributed by atoms with Gasteiger partial charge in [-0.2, -0.15) is 0 Å². The van der Waals surface area contributed by atoms with Gasteiger partial charge in [0.15, 0.2) is 5.82 Å². The van der Waals surface area contributed by atoms with Crippen LogP contribution in [0.5, 0.6) is 0 Å². The van der Waals surface area contributed by atoms with Gasteiger partial charge in [-0.05, 0) is 36.2 Å². The summed E-state index contributed by atoms with van der Waals surface area (Å²) in [6.07, 6.45) is 1.74. The summed E-state index contributed by atoms with van der Waals surface area (Å²) in [6.45, 7) is 9.50. The molecule has 0 aliphatic carbocycles. The lowest BCUT2D eigenvalue weighted by atomic mass is 9.95. The lowest BCUT2D eigenvalue weighted by molar-refractivity contribution is 0.0599. The van der Waals surface area contributed by atoms with Crippen molar-refractivity contribution < 1.29 is 13.9 Å². The maximum Gasteiger partial charge on any atom is 0.338 e. The highest BCUT2D eigenvalue weighted by Crippen LogP contribution is 2.28. The molecule has 0 unspecified atom stereocenters. The number of methoxy groups -OCH3 is 1. The van der Waals surface area contributed by atoms with E-state index in [1.165, 1.54) is 13.4 Å². The summed E-state index contributed by atoms with van der Waals surface area (Å²) in [4.78, 5) is 19.8. The molecule has 0 fully saturated rings. The predicted molar refractivity (Wildman–Crippen MR) is 104 cm³/mol. The molecule has 3 aromatic rings. The molecule has 0 amide bonds. The maximum absolute atomic E-state index is 15.3. The Labute approximate surface area is 164 Å². The number of rotatable bonds is 5. The molecule has 1 heterocycles. The highest BCUT2D eigenvalue weighted by molar-refractivity contribution is 9.10. The second-order valence-electron chi connectivity index (χ2n) is 6.14. The van der Waals surface area contributed by atoms with Crippen LogP contribution < -0.4 is 0 Å². The van der Waals surface area contributed by atoms with E-state index in [9.17, 15) is 4.79 Å². The van der Waals surface area contributed by atoms with Crippen LogP contribution in [0.3, 0.4) is 0 Å². The molecule has 3 rings (SSSR count). The Balaban J connectivity index is 2.17. The number of imidazole rings is 1. The number of hydrogen-bond acceptors (Lipinski definition) is 3. The van der Waals surface area contributed by atoms with Gasteiger partial charge in [0, 0.05) is 16.5 Å². The molecular weight excluding hydrogens is 413 g/mol. The molecule has 0 aliphatic heterocycles. The van der Waals surface area contributed by atoms with Crippen LogP contribution >= 0.6 is 15.9 Å². The van der Waals surface area contributed by atoms with E-state index in [-0.39, 0.29) is 29.6 Å². The summed E-state index contributed by atoms with van der Waals surface area (Å²) >= 11 is 3.42. The summed E-state index contributed by atoms with van der Waals surface area (Å²) in [6, 6.07) is 7.33. The molecule has 0 bridgehead atoms. The van der Waals surface area contributed by atoms with Gasteiger partial charge in [0.1, 0.15) is 5.52 Å². The number of aromatic nitrogens is 2. The number of carbonyl (C=O) groups is 1. The van der Waals surface area contributed by atoms with Crippen molar-refractivity contribution in [3.63, 3.8) is 0 Å². The third-order valence-corrected chi connectivity index (χ3v) is 4.98. The first kappa shape index (κ1) is 19.1. The molecule has 0 N–H and O–H groups in total. The number of carbonyl (C=O) groups excluding carboxylic acids is 1. The molecule has 7 heteroatoms. The van der Waals surface area contributed by atoms with Gasteiger partial charge in [0.25, 0.3) is 0 Å². The molecule has 0 spiro atoms. The molecule has 2 aromatic carbocycles. The molecule has 27 heavy (non-hydrogen) atoms. The van der Waals surface area contributed by atoms with Crippen LogP contribution in [0.2, 0.25) is 0 Å². The smallest absolute Gasteiger partial charge is 0.338 e. The minimum absolute atomic E-state index is 0.175. The topological polar surface area (TPSA) is 48.5 Å². The molecular formula is C20H17BrFN3O2. The molecule has 0 atom stereocenters. The van der Waals surface area contributed by atoms with E-state index >= 15 is 4.39 Å². The normalized spacial score (nSPS) is 10.8. The number of aryl methyl sites for hydroxylation is 1. The molecule has 5 nitrogen and oxygen atoms in total. The van der Waals surface area contributed by atoms with Crippen molar-refractivity contribution >= 4 is 32.9 Å². The lowest BCUT2D eigenvalue weighted by Crippen LogP contribution is -2.10. The molecule has 138 valence electrons. The van der Waals surface area contributed by atoms with Gasteiger partial charge in [-0.3, -0.25) is 0 Å².